The second-order valence-corrected chi connectivity index (χ2v) is 13.8. The highest BCUT2D eigenvalue weighted by Crippen LogP contribution is 2.42. The van der Waals surface area contributed by atoms with Crippen LogP contribution in [0.1, 0.15) is 66.7 Å². The van der Waals surface area contributed by atoms with Gasteiger partial charge in [0.1, 0.15) is 17.6 Å². The molecular formula is C38H44O9S. The maximum absolute atomic E-state index is 13.5. The molecule has 3 aromatic carbocycles. The number of benzene rings is 3. The van der Waals surface area contributed by atoms with E-state index in [-0.39, 0.29) is 30.0 Å². The van der Waals surface area contributed by atoms with Gasteiger partial charge in [-0.1, -0.05) is 94.4 Å². The number of esters is 2. The number of hydrogen-bond acceptors (Lipinski definition) is 10. The summed E-state index contributed by atoms with van der Waals surface area (Å²) in [6, 6.07) is 27.5. The third-order valence-corrected chi connectivity index (χ3v) is 10.3. The van der Waals surface area contributed by atoms with Crippen molar-refractivity contribution < 1.29 is 42.7 Å². The molecule has 9 nitrogen and oxygen atoms in total. The van der Waals surface area contributed by atoms with Crippen LogP contribution in [0.5, 0.6) is 0 Å². The van der Waals surface area contributed by atoms with Gasteiger partial charge in [0.2, 0.25) is 0 Å². The van der Waals surface area contributed by atoms with Crippen molar-refractivity contribution in [3.8, 4) is 0 Å². The van der Waals surface area contributed by atoms with Gasteiger partial charge in [0.15, 0.2) is 18.7 Å². The van der Waals surface area contributed by atoms with Crippen molar-refractivity contribution in [1.29, 1.82) is 0 Å². The molecule has 0 radical (unpaired) electrons. The van der Waals surface area contributed by atoms with Crippen LogP contribution in [0.25, 0.3) is 0 Å². The van der Waals surface area contributed by atoms with E-state index in [9.17, 15) is 9.59 Å². The Balaban J connectivity index is 1.26. The van der Waals surface area contributed by atoms with E-state index in [4.69, 9.17) is 33.2 Å². The zero-order chi connectivity index (χ0) is 33.6. The zero-order valence-electron chi connectivity index (χ0n) is 27.7. The molecule has 256 valence electrons. The van der Waals surface area contributed by atoms with Gasteiger partial charge < -0.3 is 33.2 Å². The highest BCUT2D eigenvalue weighted by molar-refractivity contribution is 7.99. The lowest BCUT2D eigenvalue weighted by molar-refractivity contribution is -0.365. The molecule has 0 spiro atoms. The standard InChI is InChI=1S/C38H44O9S/c1-5-28-30(24(4)33(38(43-28)48-6-2)45-35(40)26-18-12-8-13-19-26)47-37-32(44-34(39)25-16-10-7-11-17-25)23(3)31-29(42-37)22-41-36(46-31)27-20-14-9-15-21-27/h7-21,23-24,28-33,36-38H,5-6,22H2,1-4H3/t23-,24-,28?,29?,30-,31-,32?,33?,36?,37-,38-/m0/s1. The normalized spacial score (nSPS) is 33.3. The number of thioether (sulfide) groups is 1. The van der Waals surface area contributed by atoms with Crippen LogP contribution in [0.2, 0.25) is 0 Å². The van der Waals surface area contributed by atoms with Gasteiger partial charge in [0, 0.05) is 17.4 Å². The smallest absolute Gasteiger partial charge is 0.338 e. The van der Waals surface area contributed by atoms with E-state index in [1.165, 1.54) is 0 Å². The summed E-state index contributed by atoms with van der Waals surface area (Å²) in [6.45, 7) is 8.36. The van der Waals surface area contributed by atoms with E-state index in [0.717, 1.165) is 11.3 Å². The fraction of sp³-hybridized carbons (Fsp3) is 0.474. The molecule has 48 heavy (non-hydrogen) atoms. The second-order valence-electron chi connectivity index (χ2n) is 12.4. The van der Waals surface area contributed by atoms with Crippen molar-refractivity contribution in [2.75, 3.05) is 12.4 Å². The van der Waals surface area contributed by atoms with Gasteiger partial charge in [0.25, 0.3) is 0 Å². The van der Waals surface area contributed by atoms with E-state index in [2.05, 4.69) is 0 Å². The molecular weight excluding hydrogens is 632 g/mol. The molecule has 3 heterocycles. The fourth-order valence-electron chi connectivity index (χ4n) is 6.66. The van der Waals surface area contributed by atoms with Gasteiger partial charge in [-0.25, -0.2) is 9.59 Å². The zero-order valence-corrected chi connectivity index (χ0v) is 28.5. The van der Waals surface area contributed by atoms with Crippen LogP contribution in [0.3, 0.4) is 0 Å². The number of ether oxygens (including phenoxy) is 7. The molecule has 3 aliphatic rings. The van der Waals surface area contributed by atoms with Crippen LogP contribution in [0, 0.1) is 11.8 Å². The van der Waals surface area contributed by atoms with Crippen molar-refractivity contribution in [3.63, 3.8) is 0 Å². The molecule has 0 saturated carbocycles. The fourth-order valence-corrected chi connectivity index (χ4v) is 7.70. The summed E-state index contributed by atoms with van der Waals surface area (Å²) in [5.41, 5.74) is 1.41. The highest BCUT2D eigenvalue weighted by atomic mass is 32.2. The van der Waals surface area contributed by atoms with Gasteiger partial charge in [-0.2, -0.15) is 0 Å². The third kappa shape index (κ3) is 7.64. The molecule has 0 aliphatic carbocycles. The largest absolute Gasteiger partial charge is 0.455 e. The molecule has 0 bridgehead atoms. The average Bonchev–Trinajstić information content (AvgIpc) is 3.13. The van der Waals surface area contributed by atoms with Gasteiger partial charge in [-0.3, -0.25) is 0 Å². The number of carbonyl (C=O) groups excluding carboxylic acids is 2. The number of rotatable bonds is 10. The summed E-state index contributed by atoms with van der Waals surface area (Å²) in [4.78, 5) is 26.7. The minimum Gasteiger partial charge on any atom is -0.455 e. The van der Waals surface area contributed by atoms with Crippen LogP contribution in [0.4, 0.5) is 0 Å². The third-order valence-electron chi connectivity index (χ3n) is 9.25. The van der Waals surface area contributed by atoms with Gasteiger partial charge in [-0.05, 0) is 36.4 Å². The van der Waals surface area contributed by atoms with Crippen LogP contribution < -0.4 is 0 Å². The molecule has 0 amide bonds. The Labute approximate surface area is 286 Å². The molecule has 3 fully saturated rings. The summed E-state index contributed by atoms with van der Waals surface area (Å²) in [5.74, 6) is -0.706. The monoisotopic (exact) mass is 676 g/mol. The molecule has 10 heteroatoms. The Morgan fingerprint density at radius 2 is 1.31 bits per heavy atom. The quantitative estimate of drug-likeness (QED) is 0.213. The number of hydrogen-bond donors (Lipinski definition) is 0. The van der Waals surface area contributed by atoms with Gasteiger partial charge in [-0.15, -0.1) is 11.8 Å². The first-order valence-corrected chi connectivity index (χ1v) is 17.8. The molecule has 3 aromatic rings. The predicted octanol–water partition coefficient (Wildman–Crippen LogP) is 6.82. The lowest BCUT2D eigenvalue weighted by atomic mass is 9.88. The van der Waals surface area contributed by atoms with Crippen LogP contribution in [0.15, 0.2) is 91.0 Å². The summed E-state index contributed by atoms with van der Waals surface area (Å²) in [5, 5.41) is 0. The Morgan fingerprint density at radius 1 is 0.729 bits per heavy atom. The van der Waals surface area contributed by atoms with Gasteiger partial charge in [0.05, 0.1) is 36.0 Å². The van der Waals surface area contributed by atoms with Crippen molar-refractivity contribution in [3.05, 3.63) is 108 Å². The van der Waals surface area contributed by atoms with E-state index in [1.807, 2.05) is 70.2 Å². The second kappa shape index (κ2) is 16.0. The lowest BCUT2D eigenvalue weighted by Gasteiger charge is -2.51. The average molecular weight is 677 g/mol. The minimum atomic E-state index is -0.958. The van der Waals surface area contributed by atoms with E-state index in [0.29, 0.717) is 17.5 Å². The summed E-state index contributed by atoms with van der Waals surface area (Å²) < 4.78 is 44.9. The highest BCUT2D eigenvalue weighted by Gasteiger charge is 2.53. The first-order chi connectivity index (χ1) is 23.4. The molecule has 0 aromatic heterocycles. The molecule has 3 aliphatic heterocycles. The topological polar surface area (TPSA) is 98.8 Å². The maximum atomic E-state index is 13.5. The first kappa shape index (κ1) is 34.6. The van der Waals surface area contributed by atoms with Crippen molar-refractivity contribution >= 4 is 23.7 Å². The first-order valence-electron chi connectivity index (χ1n) is 16.8. The van der Waals surface area contributed by atoms with Crippen LogP contribution in [-0.4, -0.2) is 72.6 Å². The van der Waals surface area contributed by atoms with Crippen LogP contribution in [-0.2, 0) is 33.2 Å². The summed E-state index contributed by atoms with van der Waals surface area (Å²) in [7, 11) is 0. The Bertz CT molecular complexity index is 1480. The molecule has 0 N–H and O–H groups in total. The molecule has 3 saturated heterocycles. The molecule has 11 atom stereocenters. The predicted molar refractivity (Wildman–Crippen MR) is 180 cm³/mol. The van der Waals surface area contributed by atoms with Crippen molar-refractivity contribution in [1.82, 2.24) is 0 Å². The van der Waals surface area contributed by atoms with Gasteiger partial charge >= 0.3 is 11.9 Å². The molecule has 6 rings (SSSR count). The molecule has 5 unspecified atom stereocenters. The Hall–Kier alpha value is -3.25. The van der Waals surface area contributed by atoms with E-state index < -0.39 is 55.0 Å². The summed E-state index contributed by atoms with van der Waals surface area (Å²) in [6.07, 6.45) is -4.04. The Morgan fingerprint density at radius 3 is 1.90 bits per heavy atom. The lowest BCUT2D eigenvalue weighted by Crippen LogP contribution is -2.62. The van der Waals surface area contributed by atoms with Crippen molar-refractivity contribution in [2.24, 2.45) is 11.8 Å². The van der Waals surface area contributed by atoms with E-state index in [1.54, 1.807) is 60.3 Å². The summed E-state index contributed by atoms with van der Waals surface area (Å²) >= 11 is 1.60. The maximum Gasteiger partial charge on any atom is 0.338 e. The van der Waals surface area contributed by atoms with E-state index >= 15 is 0 Å². The van der Waals surface area contributed by atoms with Crippen LogP contribution >= 0.6 is 11.8 Å². The number of fused-ring (bicyclic) bond motifs is 1. The number of carbonyl (C=O) groups is 2. The van der Waals surface area contributed by atoms with Crippen molar-refractivity contribution in [2.45, 2.75) is 88.8 Å². The minimum absolute atomic E-state index is 0.272. The SMILES string of the molecule is CCS[C@@H]1OC(CC)[C@@H](O[C@@H]2OC3COC(c4ccccc4)O[C@H]3[C@H](C)C2OC(=O)c2ccccc2)[C@H](C)C1OC(=O)c1ccccc1. The Kier molecular flexibility index (Phi) is 11.5.